The zero-order chi connectivity index (χ0) is 24.1. The van der Waals surface area contributed by atoms with Crippen LogP contribution in [0.4, 0.5) is 0 Å². The molecule has 0 saturated heterocycles. The molecule has 1 amide bonds. The summed E-state index contributed by atoms with van der Waals surface area (Å²) in [6.45, 7) is 1.51. The Morgan fingerprint density at radius 3 is 2.35 bits per heavy atom. The SMILES string of the molecule is Cc1ccc(C(=O)COC(=O)[C@H](Cc2c[nH]c3ccccc23)NC(=O)c2ccc(Cl)cc2)cc1. The number of hydrogen-bond donors (Lipinski definition) is 2. The number of ether oxygens (including phenoxy) is 1. The molecule has 4 rings (SSSR count). The van der Waals surface area contributed by atoms with Gasteiger partial charge in [0.15, 0.2) is 12.4 Å². The van der Waals surface area contributed by atoms with Gasteiger partial charge in [-0.1, -0.05) is 59.6 Å². The molecule has 34 heavy (non-hydrogen) atoms. The van der Waals surface area contributed by atoms with E-state index in [9.17, 15) is 14.4 Å². The fraction of sp³-hybridized carbons (Fsp3) is 0.148. The molecule has 172 valence electrons. The summed E-state index contributed by atoms with van der Waals surface area (Å²) in [7, 11) is 0. The van der Waals surface area contributed by atoms with Crippen molar-refractivity contribution in [2.45, 2.75) is 19.4 Å². The highest BCUT2D eigenvalue weighted by Crippen LogP contribution is 2.20. The van der Waals surface area contributed by atoms with Gasteiger partial charge in [-0.15, -0.1) is 0 Å². The average molecular weight is 475 g/mol. The summed E-state index contributed by atoms with van der Waals surface area (Å²) in [5.41, 5.74) is 3.60. The predicted molar refractivity (Wildman–Crippen MR) is 131 cm³/mol. The lowest BCUT2D eigenvalue weighted by molar-refractivity contribution is -0.144. The molecule has 0 aliphatic heterocycles. The Balaban J connectivity index is 1.51. The maximum absolute atomic E-state index is 13.0. The van der Waals surface area contributed by atoms with Crippen molar-refractivity contribution in [1.29, 1.82) is 0 Å². The molecule has 0 saturated carbocycles. The first-order valence-corrected chi connectivity index (χ1v) is 11.2. The van der Waals surface area contributed by atoms with Gasteiger partial charge in [0.2, 0.25) is 0 Å². The third kappa shape index (κ3) is 5.53. The molecule has 1 heterocycles. The van der Waals surface area contributed by atoms with Crippen LogP contribution in [0.2, 0.25) is 5.02 Å². The number of aromatic amines is 1. The number of Topliss-reactive ketones (excluding diaryl/α,β-unsaturated/α-hetero) is 1. The van der Waals surface area contributed by atoms with E-state index in [2.05, 4.69) is 10.3 Å². The molecular weight excluding hydrogens is 452 g/mol. The highest BCUT2D eigenvalue weighted by Gasteiger charge is 2.25. The van der Waals surface area contributed by atoms with Gasteiger partial charge in [-0.05, 0) is 42.8 Å². The summed E-state index contributed by atoms with van der Waals surface area (Å²) < 4.78 is 5.33. The van der Waals surface area contributed by atoms with Crippen LogP contribution in [0.3, 0.4) is 0 Å². The second-order valence-corrected chi connectivity index (χ2v) is 8.43. The Labute approximate surface area is 201 Å². The normalized spacial score (nSPS) is 11.7. The Morgan fingerprint density at radius 2 is 1.62 bits per heavy atom. The number of fused-ring (bicyclic) bond motifs is 1. The number of halogens is 1. The van der Waals surface area contributed by atoms with Gasteiger partial charge in [0.1, 0.15) is 6.04 Å². The molecule has 0 fully saturated rings. The van der Waals surface area contributed by atoms with Crippen molar-refractivity contribution in [1.82, 2.24) is 10.3 Å². The van der Waals surface area contributed by atoms with Crippen LogP contribution in [0.15, 0.2) is 79.0 Å². The highest BCUT2D eigenvalue weighted by atomic mass is 35.5. The second-order valence-electron chi connectivity index (χ2n) is 7.99. The average Bonchev–Trinajstić information content (AvgIpc) is 3.25. The largest absolute Gasteiger partial charge is 0.456 e. The van der Waals surface area contributed by atoms with Gasteiger partial charge >= 0.3 is 5.97 Å². The Bertz CT molecular complexity index is 1330. The van der Waals surface area contributed by atoms with Gasteiger partial charge in [-0.2, -0.15) is 0 Å². The van der Waals surface area contributed by atoms with Crippen LogP contribution in [-0.2, 0) is 16.0 Å². The lowest BCUT2D eigenvalue weighted by Crippen LogP contribution is -2.43. The number of aryl methyl sites for hydroxylation is 1. The second kappa shape index (κ2) is 10.4. The summed E-state index contributed by atoms with van der Waals surface area (Å²) >= 11 is 5.91. The minimum atomic E-state index is -0.992. The van der Waals surface area contributed by atoms with Crippen molar-refractivity contribution in [2.75, 3.05) is 6.61 Å². The molecular formula is C27H23ClN2O4. The maximum Gasteiger partial charge on any atom is 0.329 e. The molecule has 0 bridgehead atoms. The van der Waals surface area contributed by atoms with E-state index in [4.69, 9.17) is 16.3 Å². The molecule has 0 aliphatic rings. The number of nitrogens with one attached hydrogen (secondary N) is 2. The fourth-order valence-electron chi connectivity index (χ4n) is 3.62. The van der Waals surface area contributed by atoms with Gasteiger partial charge < -0.3 is 15.0 Å². The molecule has 0 unspecified atom stereocenters. The van der Waals surface area contributed by atoms with Crippen LogP contribution >= 0.6 is 11.6 Å². The smallest absolute Gasteiger partial charge is 0.329 e. The lowest BCUT2D eigenvalue weighted by atomic mass is 10.0. The standard InChI is InChI=1S/C27H23ClN2O4/c1-17-6-8-18(9-7-17)25(31)16-34-27(33)24(30-26(32)19-10-12-21(28)13-11-19)14-20-15-29-23-5-3-2-4-22(20)23/h2-13,15,24,29H,14,16H2,1H3,(H,30,32)/t24-/m0/s1. The number of H-pyrrole nitrogens is 1. The molecule has 1 aromatic heterocycles. The van der Waals surface area contributed by atoms with Gasteiger partial charge in [-0.3, -0.25) is 9.59 Å². The van der Waals surface area contributed by atoms with Gasteiger partial charge in [0, 0.05) is 39.7 Å². The van der Waals surface area contributed by atoms with Gasteiger partial charge in [0.05, 0.1) is 0 Å². The van der Waals surface area contributed by atoms with E-state index in [0.29, 0.717) is 16.1 Å². The molecule has 0 aliphatic carbocycles. The van der Waals surface area contributed by atoms with Crippen LogP contribution in [0, 0.1) is 6.92 Å². The predicted octanol–water partition coefficient (Wildman–Crippen LogP) is 4.90. The Morgan fingerprint density at radius 1 is 0.941 bits per heavy atom. The number of rotatable bonds is 8. The van der Waals surface area contributed by atoms with Gasteiger partial charge in [-0.25, -0.2) is 4.79 Å². The van der Waals surface area contributed by atoms with E-state index in [1.807, 2.05) is 43.3 Å². The Hall–Kier alpha value is -3.90. The van der Waals surface area contributed by atoms with E-state index in [1.54, 1.807) is 42.6 Å². The number of carbonyl (C=O) groups is 3. The zero-order valence-corrected chi connectivity index (χ0v) is 19.3. The van der Waals surface area contributed by atoms with E-state index in [-0.39, 0.29) is 12.2 Å². The first-order chi connectivity index (χ1) is 16.4. The van der Waals surface area contributed by atoms with Crippen molar-refractivity contribution < 1.29 is 19.1 Å². The minimum absolute atomic E-state index is 0.195. The van der Waals surface area contributed by atoms with E-state index in [0.717, 1.165) is 22.0 Å². The minimum Gasteiger partial charge on any atom is -0.456 e. The van der Waals surface area contributed by atoms with E-state index >= 15 is 0 Å². The van der Waals surface area contributed by atoms with Crippen LogP contribution in [-0.4, -0.2) is 35.3 Å². The fourth-order valence-corrected chi connectivity index (χ4v) is 3.74. The molecule has 0 spiro atoms. The van der Waals surface area contributed by atoms with Crippen molar-refractivity contribution in [3.8, 4) is 0 Å². The van der Waals surface area contributed by atoms with Crippen molar-refractivity contribution in [2.24, 2.45) is 0 Å². The summed E-state index contributed by atoms with van der Waals surface area (Å²) in [6, 6.07) is 20.1. The van der Waals surface area contributed by atoms with E-state index in [1.165, 1.54) is 0 Å². The number of hydrogen-bond acceptors (Lipinski definition) is 4. The number of carbonyl (C=O) groups excluding carboxylic acids is 3. The molecule has 6 nitrogen and oxygen atoms in total. The van der Waals surface area contributed by atoms with Crippen molar-refractivity contribution in [3.63, 3.8) is 0 Å². The molecule has 0 radical (unpaired) electrons. The molecule has 2 N–H and O–H groups in total. The number of benzene rings is 3. The monoisotopic (exact) mass is 474 g/mol. The summed E-state index contributed by atoms with van der Waals surface area (Å²) in [4.78, 5) is 41.4. The number of amides is 1. The zero-order valence-electron chi connectivity index (χ0n) is 18.5. The summed E-state index contributed by atoms with van der Waals surface area (Å²) in [5.74, 6) is -1.44. The highest BCUT2D eigenvalue weighted by molar-refractivity contribution is 6.30. The molecule has 7 heteroatoms. The third-order valence-corrected chi connectivity index (χ3v) is 5.77. The lowest BCUT2D eigenvalue weighted by Gasteiger charge is -2.18. The number of aromatic nitrogens is 1. The Kier molecular flexibility index (Phi) is 7.09. The summed E-state index contributed by atoms with van der Waals surface area (Å²) in [5, 5.41) is 4.19. The number of para-hydroxylation sites is 1. The molecule has 1 atom stereocenters. The topological polar surface area (TPSA) is 88.3 Å². The van der Waals surface area contributed by atoms with E-state index < -0.39 is 24.5 Å². The van der Waals surface area contributed by atoms with Crippen LogP contribution in [0.5, 0.6) is 0 Å². The van der Waals surface area contributed by atoms with Crippen LogP contribution in [0.1, 0.15) is 31.8 Å². The van der Waals surface area contributed by atoms with Crippen molar-refractivity contribution >= 4 is 40.2 Å². The number of ketones is 1. The third-order valence-electron chi connectivity index (χ3n) is 5.51. The van der Waals surface area contributed by atoms with Crippen LogP contribution in [0.25, 0.3) is 10.9 Å². The van der Waals surface area contributed by atoms with Gasteiger partial charge in [0.25, 0.3) is 5.91 Å². The number of esters is 1. The van der Waals surface area contributed by atoms with Crippen LogP contribution < -0.4 is 5.32 Å². The van der Waals surface area contributed by atoms with Crippen molar-refractivity contribution in [3.05, 3.63) is 106 Å². The molecule has 4 aromatic rings. The quantitative estimate of drug-likeness (QED) is 0.281. The first-order valence-electron chi connectivity index (χ1n) is 10.8. The summed E-state index contributed by atoms with van der Waals surface area (Å²) in [6.07, 6.45) is 2.00. The first kappa shape index (κ1) is 23.3. The maximum atomic E-state index is 13.0. The molecule has 3 aromatic carbocycles.